The lowest BCUT2D eigenvalue weighted by atomic mass is 9.97. The second-order valence-electron chi connectivity index (χ2n) is 6.23. The Morgan fingerprint density at radius 1 is 1.36 bits per heavy atom. The van der Waals surface area contributed by atoms with Gasteiger partial charge in [0.25, 0.3) is 0 Å². The lowest BCUT2D eigenvalue weighted by molar-refractivity contribution is 0.220. The molecule has 0 spiro atoms. The van der Waals surface area contributed by atoms with E-state index in [1.54, 1.807) is 0 Å². The molecule has 2 rings (SSSR count). The summed E-state index contributed by atoms with van der Waals surface area (Å²) in [5, 5.41) is 3.51. The van der Waals surface area contributed by atoms with E-state index >= 15 is 0 Å². The number of nitrogens with one attached hydrogen (secondary N) is 1. The third-order valence-corrected chi connectivity index (χ3v) is 4.23. The minimum atomic E-state index is -1.08. The summed E-state index contributed by atoms with van der Waals surface area (Å²) in [4.78, 5) is 0. The highest BCUT2D eigenvalue weighted by Crippen LogP contribution is 2.48. The average Bonchev–Trinajstić information content (AvgIpc) is 2.68. The van der Waals surface area contributed by atoms with Gasteiger partial charge in [0, 0.05) is 12.1 Å². The third kappa shape index (κ3) is 1.69. The molecule has 2 aliphatic rings. The van der Waals surface area contributed by atoms with Crippen molar-refractivity contribution in [2.75, 3.05) is 6.54 Å². The first-order valence-electron chi connectivity index (χ1n) is 5.38. The molecule has 0 unspecified atom stereocenters. The Kier molecular flexibility index (Phi) is 2.01. The zero-order valence-electron chi connectivity index (χ0n) is 9.85. The van der Waals surface area contributed by atoms with Crippen molar-refractivity contribution in [3.05, 3.63) is 11.8 Å². The average molecular weight is 211 g/mol. The van der Waals surface area contributed by atoms with E-state index in [-0.39, 0.29) is 11.1 Å². The van der Waals surface area contributed by atoms with E-state index in [0.717, 1.165) is 6.54 Å². The topological polar surface area (TPSA) is 24.6 Å². The Bertz CT molecular complexity index is 280. The number of ether oxygens (including phenoxy) is 1. The Labute approximate surface area is 87.7 Å². The quantitative estimate of drug-likeness (QED) is 0.558. The van der Waals surface area contributed by atoms with Crippen molar-refractivity contribution in [2.24, 2.45) is 0 Å². The largest absolute Gasteiger partial charge is 0.358 e. The highest BCUT2D eigenvalue weighted by atomic mass is 28.3. The van der Waals surface area contributed by atoms with E-state index < -0.39 is 8.07 Å². The van der Waals surface area contributed by atoms with Gasteiger partial charge in [-0.25, -0.2) is 0 Å². The standard InChI is InChI=1S/C11H21NOSi/c1-10(2)9-11(13-9,8-12-10)6-7-14(3,4)5/h6-7,9,12H,8H2,1-5H3/b7-6-/t9-,11+/m0/s1. The molecule has 2 saturated heterocycles. The van der Waals surface area contributed by atoms with E-state index in [2.05, 4.69) is 50.6 Å². The van der Waals surface area contributed by atoms with Gasteiger partial charge in [0.1, 0.15) is 11.7 Å². The fraction of sp³-hybridized carbons (Fsp3) is 0.818. The minimum absolute atomic E-state index is 0.0454. The number of fused-ring (bicyclic) bond motifs is 1. The summed E-state index contributed by atoms with van der Waals surface area (Å²) in [6.45, 7) is 12.5. The molecular weight excluding hydrogens is 190 g/mol. The van der Waals surface area contributed by atoms with Crippen molar-refractivity contribution in [1.82, 2.24) is 5.32 Å². The van der Waals surface area contributed by atoms with Gasteiger partial charge >= 0.3 is 0 Å². The van der Waals surface area contributed by atoms with Crippen molar-refractivity contribution in [2.45, 2.75) is 50.7 Å². The lowest BCUT2D eigenvalue weighted by Gasteiger charge is -2.18. The number of rotatable bonds is 2. The van der Waals surface area contributed by atoms with Crippen molar-refractivity contribution in [3.8, 4) is 0 Å². The number of hydrogen-bond acceptors (Lipinski definition) is 2. The van der Waals surface area contributed by atoms with Crippen LogP contribution in [0.4, 0.5) is 0 Å². The first-order chi connectivity index (χ1) is 6.25. The molecule has 14 heavy (non-hydrogen) atoms. The second kappa shape index (κ2) is 2.71. The molecule has 0 bridgehead atoms. The van der Waals surface area contributed by atoms with Crippen molar-refractivity contribution in [1.29, 1.82) is 0 Å². The Morgan fingerprint density at radius 2 is 2.00 bits per heavy atom. The molecule has 0 aliphatic carbocycles. The van der Waals surface area contributed by atoms with E-state index in [9.17, 15) is 0 Å². The molecule has 3 heteroatoms. The molecular formula is C11H21NOSi. The Morgan fingerprint density at radius 3 is 2.36 bits per heavy atom. The van der Waals surface area contributed by atoms with Gasteiger partial charge < -0.3 is 10.1 Å². The van der Waals surface area contributed by atoms with Gasteiger partial charge in [-0.05, 0) is 13.8 Å². The molecule has 2 nitrogen and oxygen atoms in total. The van der Waals surface area contributed by atoms with Crippen molar-refractivity contribution >= 4 is 8.07 Å². The van der Waals surface area contributed by atoms with E-state index in [1.807, 2.05) is 0 Å². The van der Waals surface area contributed by atoms with E-state index in [1.165, 1.54) is 0 Å². The summed E-state index contributed by atoms with van der Waals surface area (Å²) in [7, 11) is -1.08. The molecule has 1 N–H and O–H groups in total. The molecule has 2 aliphatic heterocycles. The fourth-order valence-corrected chi connectivity index (χ4v) is 2.90. The maximum atomic E-state index is 5.82. The second-order valence-corrected chi connectivity index (χ2v) is 11.3. The summed E-state index contributed by atoms with van der Waals surface area (Å²) in [6.07, 6.45) is 2.70. The predicted molar refractivity (Wildman–Crippen MR) is 62.2 cm³/mol. The molecule has 0 saturated carbocycles. The van der Waals surface area contributed by atoms with Crippen LogP contribution in [0.1, 0.15) is 13.8 Å². The summed E-state index contributed by atoms with van der Waals surface area (Å²) < 4.78 is 5.82. The van der Waals surface area contributed by atoms with Crippen LogP contribution < -0.4 is 5.32 Å². The predicted octanol–water partition coefficient (Wildman–Crippen LogP) is 1.94. The van der Waals surface area contributed by atoms with Gasteiger partial charge in [-0.1, -0.05) is 31.4 Å². The van der Waals surface area contributed by atoms with Gasteiger partial charge in [0.05, 0.1) is 8.07 Å². The monoisotopic (exact) mass is 211 g/mol. The van der Waals surface area contributed by atoms with Gasteiger partial charge in [0.2, 0.25) is 0 Å². The third-order valence-electron chi connectivity index (χ3n) is 3.07. The number of morpholine rings is 1. The van der Waals surface area contributed by atoms with Crippen LogP contribution >= 0.6 is 0 Å². The van der Waals surface area contributed by atoms with Gasteiger partial charge in [-0.2, -0.15) is 0 Å². The molecule has 0 aromatic rings. The van der Waals surface area contributed by atoms with E-state index in [0.29, 0.717) is 6.10 Å². The fourth-order valence-electron chi connectivity index (χ4n) is 2.11. The number of epoxide rings is 1. The summed E-state index contributed by atoms with van der Waals surface area (Å²) in [5.74, 6) is 0. The van der Waals surface area contributed by atoms with Gasteiger partial charge in [-0.3, -0.25) is 0 Å². The number of hydrogen-bond donors (Lipinski definition) is 1. The van der Waals surface area contributed by atoms with Crippen LogP contribution in [-0.2, 0) is 4.74 Å². The molecule has 0 aromatic heterocycles. The molecule has 80 valence electrons. The van der Waals surface area contributed by atoms with Crippen LogP contribution in [0.3, 0.4) is 0 Å². The van der Waals surface area contributed by atoms with Crippen LogP contribution in [-0.4, -0.2) is 31.9 Å². The molecule has 2 fully saturated rings. The summed E-state index contributed by atoms with van der Waals surface area (Å²) in [6, 6.07) is 0. The summed E-state index contributed by atoms with van der Waals surface area (Å²) in [5.41, 5.74) is 2.60. The smallest absolute Gasteiger partial charge is 0.127 e. The van der Waals surface area contributed by atoms with Gasteiger partial charge in [0.15, 0.2) is 0 Å². The van der Waals surface area contributed by atoms with Crippen molar-refractivity contribution < 1.29 is 4.74 Å². The molecule has 2 heterocycles. The molecule has 0 radical (unpaired) electrons. The van der Waals surface area contributed by atoms with Crippen LogP contribution in [0, 0.1) is 0 Å². The van der Waals surface area contributed by atoms with Crippen LogP contribution in [0.2, 0.25) is 19.6 Å². The normalized spacial score (nSPS) is 40.2. The molecule has 2 atom stereocenters. The minimum Gasteiger partial charge on any atom is -0.358 e. The zero-order chi connectivity index (χ0) is 10.6. The highest BCUT2D eigenvalue weighted by Gasteiger charge is 2.66. The van der Waals surface area contributed by atoms with Crippen LogP contribution in [0.5, 0.6) is 0 Å². The first kappa shape index (κ1) is 10.4. The summed E-state index contributed by atoms with van der Waals surface area (Å²) >= 11 is 0. The van der Waals surface area contributed by atoms with Gasteiger partial charge in [-0.15, -0.1) is 0 Å². The first-order valence-corrected chi connectivity index (χ1v) is 8.96. The molecule has 0 amide bonds. The maximum absolute atomic E-state index is 5.82. The van der Waals surface area contributed by atoms with Crippen LogP contribution in [0.15, 0.2) is 11.8 Å². The Hall–Kier alpha value is -0.123. The zero-order valence-corrected chi connectivity index (χ0v) is 10.8. The maximum Gasteiger partial charge on any atom is 0.127 e. The lowest BCUT2D eigenvalue weighted by Crippen LogP contribution is -2.39. The van der Waals surface area contributed by atoms with Crippen molar-refractivity contribution in [3.63, 3.8) is 0 Å². The molecule has 0 aromatic carbocycles. The van der Waals surface area contributed by atoms with Crippen LogP contribution in [0.25, 0.3) is 0 Å². The SMILES string of the molecule is CC1(C)NC[C@@]2(/C=C\[Si](C)(C)C)O[C@@H]12. The van der Waals surface area contributed by atoms with E-state index in [4.69, 9.17) is 4.74 Å². The highest BCUT2D eigenvalue weighted by molar-refractivity contribution is 6.80. The Balaban J connectivity index is 2.07.